The molecule has 0 bridgehead atoms. The van der Waals surface area contributed by atoms with Gasteiger partial charge in [0.2, 0.25) is 11.6 Å². The SMILES string of the molecule is CCC(=O)N1CCN(C(=O)c2cc3ccoc3n2Cc2cccc(C)c2)C[C@@H]1C. The molecule has 29 heavy (non-hydrogen) atoms. The van der Waals surface area contributed by atoms with E-state index >= 15 is 0 Å². The van der Waals surface area contributed by atoms with Crippen LogP contribution in [0.4, 0.5) is 0 Å². The standard InChI is InChI=1S/C23H27N3O3/c1-4-21(27)25-10-9-24(14-17(25)3)22(28)20-13-19-8-11-29-23(19)26(20)15-18-7-5-6-16(2)12-18/h5-8,11-13,17H,4,9-10,14-15H2,1-3H3/t17-/m0/s1. The number of fused-ring (bicyclic) bond motifs is 1. The van der Waals surface area contributed by atoms with Crippen LogP contribution >= 0.6 is 0 Å². The minimum Gasteiger partial charge on any atom is -0.448 e. The van der Waals surface area contributed by atoms with Crippen LogP contribution in [0.3, 0.4) is 0 Å². The molecule has 0 saturated carbocycles. The van der Waals surface area contributed by atoms with Crippen molar-refractivity contribution in [3.05, 3.63) is 59.5 Å². The summed E-state index contributed by atoms with van der Waals surface area (Å²) in [6, 6.07) is 12.1. The molecule has 6 heteroatoms. The molecule has 0 radical (unpaired) electrons. The Morgan fingerprint density at radius 1 is 1.17 bits per heavy atom. The first kappa shape index (κ1) is 19.3. The maximum Gasteiger partial charge on any atom is 0.270 e. The number of carbonyl (C=O) groups excluding carboxylic acids is 2. The molecule has 3 aromatic rings. The summed E-state index contributed by atoms with van der Waals surface area (Å²) in [6.45, 7) is 8.18. The van der Waals surface area contributed by atoms with Crippen molar-refractivity contribution < 1.29 is 14.0 Å². The summed E-state index contributed by atoms with van der Waals surface area (Å²) in [5, 5.41) is 0.925. The molecule has 3 heterocycles. The van der Waals surface area contributed by atoms with Crippen molar-refractivity contribution in [1.82, 2.24) is 14.4 Å². The molecule has 1 aromatic carbocycles. The highest BCUT2D eigenvalue weighted by molar-refractivity contribution is 5.98. The number of rotatable bonds is 4. The van der Waals surface area contributed by atoms with Crippen molar-refractivity contribution in [2.24, 2.45) is 0 Å². The smallest absolute Gasteiger partial charge is 0.270 e. The molecule has 1 atom stereocenters. The Balaban J connectivity index is 1.61. The Kier molecular flexibility index (Phi) is 5.18. The monoisotopic (exact) mass is 393 g/mol. The van der Waals surface area contributed by atoms with Gasteiger partial charge < -0.3 is 18.8 Å². The molecule has 1 aliphatic heterocycles. The number of amides is 2. The van der Waals surface area contributed by atoms with Gasteiger partial charge in [0, 0.05) is 37.5 Å². The third-order valence-electron chi connectivity index (χ3n) is 5.68. The largest absolute Gasteiger partial charge is 0.448 e. The number of hydrogen-bond acceptors (Lipinski definition) is 3. The summed E-state index contributed by atoms with van der Waals surface area (Å²) in [7, 11) is 0. The summed E-state index contributed by atoms with van der Waals surface area (Å²) < 4.78 is 7.65. The third-order valence-corrected chi connectivity index (χ3v) is 5.68. The van der Waals surface area contributed by atoms with E-state index in [-0.39, 0.29) is 17.9 Å². The zero-order valence-electron chi connectivity index (χ0n) is 17.2. The molecule has 2 amide bonds. The first-order valence-corrected chi connectivity index (χ1v) is 10.2. The Hall–Kier alpha value is -3.02. The number of nitrogens with zero attached hydrogens (tertiary/aromatic N) is 3. The Morgan fingerprint density at radius 2 is 2.00 bits per heavy atom. The first-order valence-electron chi connectivity index (χ1n) is 10.2. The number of aryl methyl sites for hydroxylation is 1. The molecule has 0 aliphatic carbocycles. The third kappa shape index (κ3) is 3.67. The van der Waals surface area contributed by atoms with Crippen molar-refractivity contribution in [3.8, 4) is 0 Å². The number of hydrogen-bond donors (Lipinski definition) is 0. The number of furan rings is 1. The normalized spacial score (nSPS) is 17.1. The molecule has 4 rings (SSSR count). The molecule has 0 unspecified atom stereocenters. The van der Waals surface area contributed by atoms with Crippen LogP contribution in [0.5, 0.6) is 0 Å². The highest BCUT2D eigenvalue weighted by atomic mass is 16.3. The molecule has 6 nitrogen and oxygen atoms in total. The Labute approximate surface area is 170 Å². The van der Waals surface area contributed by atoms with Crippen LogP contribution in [-0.4, -0.2) is 51.9 Å². The van der Waals surface area contributed by atoms with Crippen molar-refractivity contribution in [1.29, 1.82) is 0 Å². The van der Waals surface area contributed by atoms with Crippen LogP contribution in [-0.2, 0) is 11.3 Å². The van der Waals surface area contributed by atoms with Crippen molar-refractivity contribution in [3.63, 3.8) is 0 Å². The van der Waals surface area contributed by atoms with Gasteiger partial charge in [-0.1, -0.05) is 36.8 Å². The zero-order valence-corrected chi connectivity index (χ0v) is 17.2. The molecule has 1 aliphatic rings. The van der Waals surface area contributed by atoms with Gasteiger partial charge in [-0.2, -0.15) is 0 Å². The van der Waals surface area contributed by atoms with Gasteiger partial charge in [-0.25, -0.2) is 0 Å². The average molecular weight is 393 g/mol. The maximum absolute atomic E-state index is 13.4. The van der Waals surface area contributed by atoms with Crippen LogP contribution < -0.4 is 0 Å². The van der Waals surface area contributed by atoms with Gasteiger partial charge in [-0.3, -0.25) is 9.59 Å². The topological polar surface area (TPSA) is 58.7 Å². The number of aromatic nitrogens is 1. The second kappa shape index (κ2) is 7.78. The maximum atomic E-state index is 13.4. The summed E-state index contributed by atoms with van der Waals surface area (Å²) in [5.41, 5.74) is 3.65. The lowest BCUT2D eigenvalue weighted by molar-refractivity contribution is -0.134. The number of carbonyl (C=O) groups is 2. The highest BCUT2D eigenvalue weighted by Gasteiger charge is 2.31. The van der Waals surface area contributed by atoms with Crippen LogP contribution in [0, 0.1) is 6.92 Å². The van der Waals surface area contributed by atoms with E-state index in [1.54, 1.807) is 6.26 Å². The average Bonchev–Trinajstić information content (AvgIpc) is 3.29. The molecule has 1 saturated heterocycles. The van der Waals surface area contributed by atoms with Gasteiger partial charge in [0.1, 0.15) is 5.69 Å². The van der Waals surface area contributed by atoms with Crippen molar-refractivity contribution in [2.45, 2.75) is 39.8 Å². The Morgan fingerprint density at radius 3 is 2.72 bits per heavy atom. The first-order chi connectivity index (χ1) is 14.0. The molecular formula is C23H27N3O3. The van der Waals surface area contributed by atoms with Gasteiger partial charge in [-0.15, -0.1) is 0 Å². The summed E-state index contributed by atoms with van der Waals surface area (Å²) in [4.78, 5) is 29.2. The van der Waals surface area contributed by atoms with Crippen LogP contribution in [0.15, 0.2) is 47.1 Å². The van der Waals surface area contributed by atoms with Crippen molar-refractivity contribution in [2.75, 3.05) is 19.6 Å². The van der Waals surface area contributed by atoms with Crippen LogP contribution in [0.25, 0.3) is 11.1 Å². The fourth-order valence-electron chi connectivity index (χ4n) is 4.18. The van der Waals surface area contributed by atoms with Gasteiger partial charge in [0.15, 0.2) is 0 Å². The van der Waals surface area contributed by atoms with Gasteiger partial charge in [-0.05, 0) is 31.5 Å². The fourth-order valence-corrected chi connectivity index (χ4v) is 4.18. The van der Waals surface area contributed by atoms with E-state index in [0.29, 0.717) is 44.0 Å². The van der Waals surface area contributed by atoms with E-state index in [0.717, 1.165) is 10.9 Å². The van der Waals surface area contributed by atoms with Crippen LogP contribution in [0.1, 0.15) is 41.9 Å². The summed E-state index contributed by atoms with van der Waals surface area (Å²) in [6.07, 6.45) is 2.15. The van der Waals surface area contributed by atoms with E-state index in [9.17, 15) is 9.59 Å². The van der Waals surface area contributed by atoms with Gasteiger partial charge in [0.05, 0.1) is 12.8 Å². The Bertz CT molecular complexity index is 1050. The summed E-state index contributed by atoms with van der Waals surface area (Å²) >= 11 is 0. The van der Waals surface area contributed by atoms with Crippen LogP contribution in [0.2, 0.25) is 0 Å². The molecular weight excluding hydrogens is 366 g/mol. The molecule has 1 fully saturated rings. The lowest BCUT2D eigenvalue weighted by Gasteiger charge is -2.39. The second-order valence-electron chi connectivity index (χ2n) is 7.83. The lowest BCUT2D eigenvalue weighted by Crippen LogP contribution is -2.55. The minimum absolute atomic E-state index is 0.0144. The second-order valence-corrected chi connectivity index (χ2v) is 7.83. The van der Waals surface area contributed by atoms with E-state index in [2.05, 4.69) is 25.1 Å². The quantitative estimate of drug-likeness (QED) is 0.679. The number of benzene rings is 1. The lowest BCUT2D eigenvalue weighted by atomic mass is 10.1. The highest BCUT2D eigenvalue weighted by Crippen LogP contribution is 2.25. The van der Waals surface area contributed by atoms with Crippen molar-refractivity contribution >= 4 is 22.9 Å². The van der Waals surface area contributed by atoms with E-state index in [4.69, 9.17) is 4.42 Å². The zero-order chi connectivity index (χ0) is 20.5. The number of piperazine rings is 1. The predicted molar refractivity (Wildman–Crippen MR) is 112 cm³/mol. The summed E-state index contributed by atoms with van der Waals surface area (Å²) in [5.74, 6) is 0.129. The molecule has 0 spiro atoms. The molecule has 2 aromatic heterocycles. The fraction of sp³-hybridized carbons (Fsp3) is 0.391. The van der Waals surface area contributed by atoms with Gasteiger partial charge in [0.25, 0.3) is 5.91 Å². The van der Waals surface area contributed by atoms with E-state index in [1.165, 1.54) is 5.56 Å². The predicted octanol–water partition coefficient (Wildman–Crippen LogP) is 3.67. The molecule has 152 valence electrons. The minimum atomic E-state index is -0.0144. The molecule has 0 N–H and O–H groups in total. The van der Waals surface area contributed by atoms with E-state index in [1.807, 2.05) is 46.4 Å². The van der Waals surface area contributed by atoms with E-state index < -0.39 is 0 Å². The van der Waals surface area contributed by atoms with Gasteiger partial charge >= 0.3 is 0 Å².